The van der Waals surface area contributed by atoms with Crippen molar-refractivity contribution in [1.29, 1.82) is 0 Å². The minimum Gasteiger partial charge on any atom is -0.358 e. The summed E-state index contributed by atoms with van der Waals surface area (Å²) in [5, 5.41) is 12.8. The van der Waals surface area contributed by atoms with Crippen LogP contribution in [0.15, 0.2) is 29.4 Å². The van der Waals surface area contributed by atoms with Gasteiger partial charge in [0, 0.05) is 24.2 Å². The zero-order chi connectivity index (χ0) is 18.8. The molecule has 0 fully saturated rings. The molecule has 142 valence electrons. The van der Waals surface area contributed by atoms with Gasteiger partial charge in [0.1, 0.15) is 0 Å². The van der Waals surface area contributed by atoms with Crippen LogP contribution in [0, 0.1) is 0 Å². The highest BCUT2D eigenvalue weighted by atomic mass is 35.5. The normalized spacial score (nSPS) is 10.9. The molecule has 0 aliphatic heterocycles. The van der Waals surface area contributed by atoms with E-state index in [1.807, 2.05) is 24.3 Å². The van der Waals surface area contributed by atoms with Crippen LogP contribution in [0.4, 0.5) is 0 Å². The Hall–Kier alpha value is -1.53. The summed E-state index contributed by atoms with van der Waals surface area (Å²) >= 11 is 7.42. The van der Waals surface area contributed by atoms with E-state index in [1.165, 1.54) is 43.9 Å². The first-order chi connectivity index (χ1) is 12.7. The first kappa shape index (κ1) is 20.8. The van der Waals surface area contributed by atoms with Gasteiger partial charge in [0.25, 0.3) is 0 Å². The maximum Gasteiger partial charge on any atom is 0.230 e. The number of hydrogen-bond donors (Lipinski definition) is 1. The molecule has 2 rings (SSSR count). The SMILES string of the molecule is CCCCCCCCn1c(SCC(=O)NC)nnc1-c1ccc(Cl)cc1. The van der Waals surface area contributed by atoms with E-state index in [4.69, 9.17) is 11.6 Å². The lowest BCUT2D eigenvalue weighted by atomic mass is 10.1. The highest BCUT2D eigenvalue weighted by molar-refractivity contribution is 7.99. The summed E-state index contributed by atoms with van der Waals surface area (Å²) in [6.07, 6.45) is 7.38. The average Bonchev–Trinajstić information content (AvgIpc) is 3.06. The lowest BCUT2D eigenvalue weighted by molar-refractivity contribution is -0.118. The Labute approximate surface area is 164 Å². The molecular weight excluding hydrogens is 368 g/mol. The largest absolute Gasteiger partial charge is 0.358 e. The number of hydrogen-bond acceptors (Lipinski definition) is 4. The standard InChI is InChI=1S/C19H27ClN4OS/c1-3-4-5-6-7-8-13-24-18(15-9-11-16(20)12-10-15)22-23-19(24)26-14-17(25)21-2/h9-12H,3-8,13-14H2,1-2H3,(H,21,25). The molecule has 0 saturated carbocycles. The summed E-state index contributed by atoms with van der Waals surface area (Å²) in [4.78, 5) is 11.6. The molecule has 0 atom stereocenters. The van der Waals surface area contributed by atoms with Crippen LogP contribution in [0.3, 0.4) is 0 Å². The molecule has 0 unspecified atom stereocenters. The lowest BCUT2D eigenvalue weighted by Gasteiger charge is -2.10. The molecule has 0 aliphatic rings. The third-order valence-electron chi connectivity index (χ3n) is 4.17. The second-order valence-electron chi connectivity index (χ2n) is 6.19. The highest BCUT2D eigenvalue weighted by Crippen LogP contribution is 2.26. The summed E-state index contributed by atoms with van der Waals surface area (Å²) in [6, 6.07) is 7.63. The van der Waals surface area contributed by atoms with E-state index >= 15 is 0 Å². The molecule has 26 heavy (non-hydrogen) atoms. The van der Waals surface area contributed by atoms with Gasteiger partial charge in [-0.3, -0.25) is 4.79 Å². The number of rotatable bonds is 11. The van der Waals surface area contributed by atoms with Gasteiger partial charge in [-0.15, -0.1) is 10.2 Å². The second kappa shape index (κ2) is 11.2. The lowest BCUT2D eigenvalue weighted by Crippen LogP contribution is -2.20. The zero-order valence-electron chi connectivity index (χ0n) is 15.5. The molecule has 0 aliphatic carbocycles. The Morgan fingerprint density at radius 1 is 1.12 bits per heavy atom. The van der Waals surface area contributed by atoms with Crippen LogP contribution in [-0.2, 0) is 11.3 Å². The van der Waals surface area contributed by atoms with Crippen LogP contribution in [0.5, 0.6) is 0 Å². The molecule has 7 heteroatoms. The van der Waals surface area contributed by atoms with Crippen molar-refractivity contribution in [2.75, 3.05) is 12.8 Å². The van der Waals surface area contributed by atoms with Crippen molar-refractivity contribution in [3.05, 3.63) is 29.3 Å². The Bertz CT molecular complexity index is 687. The molecule has 0 spiro atoms. The maximum atomic E-state index is 11.6. The summed E-state index contributed by atoms with van der Waals surface area (Å²) in [6.45, 7) is 3.08. The van der Waals surface area contributed by atoms with Gasteiger partial charge in [-0.05, 0) is 30.7 Å². The number of unbranched alkanes of at least 4 members (excludes halogenated alkanes) is 5. The summed E-state index contributed by atoms with van der Waals surface area (Å²) in [5.74, 6) is 1.15. The number of carbonyl (C=O) groups is 1. The van der Waals surface area contributed by atoms with Crippen molar-refractivity contribution in [3.8, 4) is 11.4 Å². The van der Waals surface area contributed by atoms with Gasteiger partial charge >= 0.3 is 0 Å². The molecule has 1 N–H and O–H groups in total. The van der Waals surface area contributed by atoms with Crippen LogP contribution in [0.25, 0.3) is 11.4 Å². The minimum absolute atomic E-state index is 0.0165. The topological polar surface area (TPSA) is 59.8 Å². The van der Waals surface area contributed by atoms with E-state index in [0.29, 0.717) is 10.8 Å². The number of amides is 1. The fourth-order valence-electron chi connectivity index (χ4n) is 2.66. The van der Waals surface area contributed by atoms with Gasteiger partial charge in [0.15, 0.2) is 11.0 Å². The van der Waals surface area contributed by atoms with Crippen LogP contribution < -0.4 is 5.32 Å². The number of halogens is 1. The maximum absolute atomic E-state index is 11.6. The molecule has 0 bridgehead atoms. The first-order valence-electron chi connectivity index (χ1n) is 9.18. The second-order valence-corrected chi connectivity index (χ2v) is 7.57. The van der Waals surface area contributed by atoms with Crippen LogP contribution in [-0.4, -0.2) is 33.5 Å². The van der Waals surface area contributed by atoms with E-state index < -0.39 is 0 Å². The van der Waals surface area contributed by atoms with Gasteiger partial charge in [-0.1, -0.05) is 62.4 Å². The van der Waals surface area contributed by atoms with Crippen molar-refractivity contribution in [3.63, 3.8) is 0 Å². The van der Waals surface area contributed by atoms with Crippen molar-refractivity contribution in [2.45, 2.75) is 57.1 Å². The fraction of sp³-hybridized carbons (Fsp3) is 0.526. The Morgan fingerprint density at radius 3 is 2.50 bits per heavy atom. The van der Waals surface area contributed by atoms with Crippen molar-refractivity contribution in [2.24, 2.45) is 0 Å². The van der Waals surface area contributed by atoms with E-state index in [0.717, 1.165) is 29.5 Å². The monoisotopic (exact) mass is 394 g/mol. The van der Waals surface area contributed by atoms with Gasteiger partial charge in [-0.25, -0.2) is 0 Å². The fourth-order valence-corrected chi connectivity index (χ4v) is 3.62. The van der Waals surface area contributed by atoms with Crippen molar-refractivity contribution in [1.82, 2.24) is 20.1 Å². The number of aromatic nitrogens is 3. The third-order valence-corrected chi connectivity index (χ3v) is 5.38. The van der Waals surface area contributed by atoms with Gasteiger partial charge < -0.3 is 9.88 Å². The molecule has 2 aromatic rings. The third kappa shape index (κ3) is 6.32. The molecule has 5 nitrogen and oxygen atoms in total. The quantitative estimate of drug-likeness (QED) is 0.439. The van der Waals surface area contributed by atoms with Gasteiger partial charge in [0.2, 0.25) is 5.91 Å². The summed E-state index contributed by atoms with van der Waals surface area (Å²) in [7, 11) is 1.64. The predicted molar refractivity (Wildman–Crippen MR) is 109 cm³/mol. The van der Waals surface area contributed by atoms with E-state index in [-0.39, 0.29) is 5.91 Å². The Kier molecular flexibility index (Phi) is 8.98. The smallest absolute Gasteiger partial charge is 0.230 e. The molecule has 1 aromatic carbocycles. The number of benzene rings is 1. The Balaban J connectivity index is 2.09. The van der Waals surface area contributed by atoms with E-state index in [1.54, 1.807) is 7.05 Å². The van der Waals surface area contributed by atoms with Crippen molar-refractivity contribution >= 4 is 29.3 Å². The van der Waals surface area contributed by atoms with E-state index in [9.17, 15) is 4.79 Å². The Morgan fingerprint density at radius 2 is 1.81 bits per heavy atom. The minimum atomic E-state index is -0.0165. The zero-order valence-corrected chi connectivity index (χ0v) is 17.1. The number of carbonyl (C=O) groups excluding carboxylic acids is 1. The van der Waals surface area contributed by atoms with Crippen LogP contribution in [0.1, 0.15) is 45.4 Å². The summed E-state index contributed by atoms with van der Waals surface area (Å²) < 4.78 is 2.12. The van der Waals surface area contributed by atoms with E-state index in [2.05, 4.69) is 27.0 Å². The number of nitrogens with zero attached hydrogens (tertiary/aromatic N) is 3. The number of nitrogens with one attached hydrogen (secondary N) is 1. The number of thioether (sulfide) groups is 1. The predicted octanol–water partition coefficient (Wildman–Crippen LogP) is 4.80. The molecule has 1 heterocycles. The highest BCUT2D eigenvalue weighted by Gasteiger charge is 2.15. The molecular formula is C19H27ClN4OS. The molecule has 0 saturated heterocycles. The van der Waals surface area contributed by atoms with Gasteiger partial charge in [0.05, 0.1) is 5.75 Å². The molecule has 1 amide bonds. The van der Waals surface area contributed by atoms with Crippen LogP contribution in [0.2, 0.25) is 5.02 Å². The first-order valence-corrected chi connectivity index (χ1v) is 10.5. The average molecular weight is 395 g/mol. The van der Waals surface area contributed by atoms with Crippen LogP contribution >= 0.6 is 23.4 Å². The van der Waals surface area contributed by atoms with Gasteiger partial charge in [-0.2, -0.15) is 0 Å². The van der Waals surface area contributed by atoms with Crippen molar-refractivity contribution < 1.29 is 4.79 Å². The molecule has 0 radical (unpaired) electrons. The molecule has 1 aromatic heterocycles. The summed E-state index contributed by atoms with van der Waals surface area (Å²) in [5.41, 5.74) is 0.986.